The van der Waals surface area contributed by atoms with Gasteiger partial charge in [0.25, 0.3) is 0 Å². The molecule has 108 valence electrons. The van der Waals surface area contributed by atoms with E-state index in [-0.39, 0.29) is 11.9 Å². The second-order valence-corrected chi connectivity index (χ2v) is 5.13. The first-order chi connectivity index (χ1) is 9.60. The van der Waals surface area contributed by atoms with Gasteiger partial charge < -0.3 is 5.32 Å². The minimum atomic E-state index is -0.167. The molecular weight excluding hydrogens is 253 g/mol. The van der Waals surface area contributed by atoms with Crippen LogP contribution in [0.25, 0.3) is 0 Å². The lowest BCUT2D eigenvalue weighted by atomic mass is 10.1. The number of benzene rings is 1. The van der Waals surface area contributed by atoms with Crippen molar-refractivity contribution in [2.75, 3.05) is 6.54 Å². The van der Waals surface area contributed by atoms with Crippen LogP contribution in [0, 0.1) is 12.7 Å². The maximum Gasteiger partial charge on any atom is 0.123 e. The number of hydrogen-bond donors (Lipinski definition) is 1. The molecule has 1 aromatic carbocycles. The zero-order valence-corrected chi connectivity index (χ0v) is 12.4. The van der Waals surface area contributed by atoms with Crippen LogP contribution in [-0.2, 0) is 13.0 Å². The van der Waals surface area contributed by atoms with Crippen molar-refractivity contribution in [3.05, 3.63) is 53.1 Å². The summed E-state index contributed by atoms with van der Waals surface area (Å²) in [6, 6.07) is 5.25. The van der Waals surface area contributed by atoms with Crippen LogP contribution < -0.4 is 5.32 Å². The van der Waals surface area contributed by atoms with Gasteiger partial charge in [-0.2, -0.15) is 5.10 Å². The van der Waals surface area contributed by atoms with E-state index >= 15 is 0 Å². The smallest absolute Gasteiger partial charge is 0.123 e. The lowest BCUT2D eigenvalue weighted by molar-refractivity contribution is 0.573. The third-order valence-electron chi connectivity index (χ3n) is 3.63. The summed E-state index contributed by atoms with van der Waals surface area (Å²) >= 11 is 0. The molecule has 0 fully saturated rings. The van der Waals surface area contributed by atoms with Gasteiger partial charge in [0.1, 0.15) is 5.82 Å². The normalized spacial score (nSPS) is 12.6. The van der Waals surface area contributed by atoms with Gasteiger partial charge in [0.15, 0.2) is 0 Å². The SMILES string of the molecule is CCn1cc(C(C)NCCc2ccc(F)cc2C)cn1. The molecule has 3 nitrogen and oxygen atoms in total. The van der Waals surface area contributed by atoms with Gasteiger partial charge >= 0.3 is 0 Å². The summed E-state index contributed by atoms with van der Waals surface area (Å²) in [4.78, 5) is 0. The third kappa shape index (κ3) is 3.67. The zero-order chi connectivity index (χ0) is 14.5. The van der Waals surface area contributed by atoms with Gasteiger partial charge in [-0.1, -0.05) is 6.07 Å². The highest BCUT2D eigenvalue weighted by molar-refractivity contribution is 5.26. The Bertz CT molecular complexity index is 563. The van der Waals surface area contributed by atoms with Crippen molar-refractivity contribution in [1.29, 1.82) is 0 Å². The first kappa shape index (κ1) is 14.7. The van der Waals surface area contributed by atoms with Gasteiger partial charge in [-0.3, -0.25) is 4.68 Å². The second kappa shape index (κ2) is 6.66. The van der Waals surface area contributed by atoms with Crippen LogP contribution in [0.2, 0.25) is 0 Å². The summed E-state index contributed by atoms with van der Waals surface area (Å²) in [5, 5.41) is 7.76. The van der Waals surface area contributed by atoms with E-state index in [1.54, 1.807) is 6.07 Å². The highest BCUT2D eigenvalue weighted by Gasteiger charge is 2.07. The van der Waals surface area contributed by atoms with Crippen molar-refractivity contribution < 1.29 is 4.39 Å². The first-order valence-corrected chi connectivity index (χ1v) is 7.11. The van der Waals surface area contributed by atoms with E-state index in [9.17, 15) is 4.39 Å². The third-order valence-corrected chi connectivity index (χ3v) is 3.63. The van der Waals surface area contributed by atoms with Crippen molar-refractivity contribution in [3.8, 4) is 0 Å². The molecule has 0 amide bonds. The fourth-order valence-electron chi connectivity index (χ4n) is 2.26. The molecule has 0 radical (unpaired) electrons. The van der Waals surface area contributed by atoms with Crippen molar-refractivity contribution in [1.82, 2.24) is 15.1 Å². The maximum atomic E-state index is 13.0. The molecule has 1 aromatic heterocycles. The zero-order valence-electron chi connectivity index (χ0n) is 12.4. The highest BCUT2D eigenvalue weighted by atomic mass is 19.1. The lowest BCUT2D eigenvalue weighted by Gasteiger charge is -2.13. The minimum Gasteiger partial charge on any atom is -0.310 e. The van der Waals surface area contributed by atoms with Crippen molar-refractivity contribution in [3.63, 3.8) is 0 Å². The van der Waals surface area contributed by atoms with Crippen LogP contribution in [0.15, 0.2) is 30.6 Å². The van der Waals surface area contributed by atoms with Crippen LogP contribution in [0.4, 0.5) is 4.39 Å². The lowest BCUT2D eigenvalue weighted by Crippen LogP contribution is -2.21. The minimum absolute atomic E-state index is 0.167. The van der Waals surface area contributed by atoms with Crippen LogP contribution in [0.5, 0.6) is 0 Å². The molecule has 1 unspecified atom stereocenters. The van der Waals surface area contributed by atoms with Crippen LogP contribution in [0.3, 0.4) is 0 Å². The van der Waals surface area contributed by atoms with Gasteiger partial charge in [0.2, 0.25) is 0 Å². The molecule has 2 rings (SSSR count). The largest absolute Gasteiger partial charge is 0.310 e. The van der Waals surface area contributed by atoms with Gasteiger partial charge in [0, 0.05) is 24.3 Å². The predicted molar refractivity (Wildman–Crippen MR) is 79.2 cm³/mol. The summed E-state index contributed by atoms with van der Waals surface area (Å²) < 4.78 is 15.0. The molecule has 4 heteroatoms. The maximum absolute atomic E-state index is 13.0. The molecule has 0 spiro atoms. The molecule has 2 aromatic rings. The Hall–Kier alpha value is -1.68. The standard InChI is InChI=1S/C16H22FN3/c1-4-20-11-15(10-19-20)13(3)18-8-7-14-5-6-16(17)9-12(14)2/h5-6,9-11,13,18H,4,7-8H2,1-3H3. The van der Waals surface area contributed by atoms with Crippen LogP contribution in [-0.4, -0.2) is 16.3 Å². The highest BCUT2D eigenvalue weighted by Crippen LogP contribution is 2.13. The van der Waals surface area contributed by atoms with E-state index in [0.717, 1.165) is 25.1 Å². The Balaban J connectivity index is 1.86. The average Bonchev–Trinajstić information content (AvgIpc) is 2.90. The van der Waals surface area contributed by atoms with Gasteiger partial charge in [-0.15, -0.1) is 0 Å². The molecule has 0 saturated carbocycles. The van der Waals surface area contributed by atoms with E-state index in [1.807, 2.05) is 23.9 Å². The molecule has 0 aliphatic rings. The first-order valence-electron chi connectivity index (χ1n) is 7.11. The summed E-state index contributed by atoms with van der Waals surface area (Å²) in [7, 11) is 0. The van der Waals surface area contributed by atoms with E-state index in [0.29, 0.717) is 0 Å². The molecular formula is C16H22FN3. The number of hydrogen-bond acceptors (Lipinski definition) is 2. The Morgan fingerprint density at radius 3 is 2.85 bits per heavy atom. The average molecular weight is 275 g/mol. The number of nitrogens with one attached hydrogen (secondary N) is 1. The summed E-state index contributed by atoms with van der Waals surface area (Å²) in [6.45, 7) is 7.92. The van der Waals surface area contributed by atoms with Gasteiger partial charge in [0.05, 0.1) is 6.20 Å². The molecule has 1 N–H and O–H groups in total. The fraction of sp³-hybridized carbons (Fsp3) is 0.438. The molecule has 0 bridgehead atoms. The molecule has 0 aliphatic heterocycles. The van der Waals surface area contributed by atoms with Crippen LogP contribution >= 0.6 is 0 Å². The Morgan fingerprint density at radius 2 is 2.20 bits per heavy atom. The fourth-order valence-corrected chi connectivity index (χ4v) is 2.26. The number of aromatic nitrogens is 2. The Labute approximate surface area is 119 Å². The number of aryl methyl sites for hydroxylation is 2. The Morgan fingerprint density at radius 1 is 1.40 bits per heavy atom. The Kier molecular flexibility index (Phi) is 4.90. The summed E-state index contributed by atoms with van der Waals surface area (Å²) in [5.41, 5.74) is 3.40. The second-order valence-electron chi connectivity index (χ2n) is 5.13. The predicted octanol–water partition coefficient (Wildman–Crippen LogP) is 3.24. The van der Waals surface area contributed by atoms with Crippen molar-refractivity contribution in [2.45, 2.75) is 39.8 Å². The molecule has 1 atom stereocenters. The van der Waals surface area contributed by atoms with Crippen molar-refractivity contribution in [2.24, 2.45) is 0 Å². The molecule has 20 heavy (non-hydrogen) atoms. The number of halogens is 1. The summed E-state index contributed by atoms with van der Waals surface area (Å²) in [6.07, 6.45) is 4.88. The monoisotopic (exact) mass is 275 g/mol. The molecule has 0 aliphatic carbocycles. The van der Waals surface area contributed by atoms with Gasteiger partial charge in [-0.25, -0.2) is 4.39 Å². The van der Waals surface area contributed by atoms with Crippen LogP contribution in [0.1, 0.15) is 36.6 Å². The summed E-state index contributed by atoms with van der Waals surface area (Å²) in [5.74, 6) is -0.167. The van der Waals surface area contributed by atoms with E-state index in [1.165, 1.54) is 17.2 Å². The number of nitrogens with zero attached hydrogens (tertiary/aromatic N) is 2. The molecule has 0 saturated heterocycles. The quantitative estimate of drug-likeness (QED) is 0.877. The number of rotatable bonds is 6. The van der Waals surface area contributed by atoms with Crippen molar-refractivity contribution >= 4 is 0 Å². The van der Waals surface area contributed by atoms with Gasteiger partial charge in [-0.05, 0) is 57.0 Å². The van der Waals surface area contributed by atoms with E-state index in [4.69, 9.17) is 0 Å². The van der Waals surface area contributed by atoms with E-state index < -0.39 is 0 Å². The van der Waals surface area contributed by atoms with E-state index in [2.05, 4.69) is 30.5 Å². The topological polar surface area (TPSA) is 29.9 Å². The molecule has 1 heterocycles.